The van der Waals surface area contributed by atoms with Gasteiger partial charge in [0.15, 0.2) is 0 Å². The van der Waals surface area contributed by atoms with E-state index in [9.17, 15) is 0 Å². The fraction of sp³-hybridized carbons (Fsp3) is 0.419. The molecule has 3 rings (SSSR count). The lowest BCUT2D eigenvalue weighted by molar-refractivity contribution is 0.677. The van der Waals surface area contributed by atoms with Crippen LogP contribution in [0.15, 0.2) is 66.7 Å². The van der Waals surface area contributed by atoms with Crippen molar-refractivity contribution in [2.45, 2.75) is 59.4 Å². The topological polar surface area (TPSA) is 18.5 Å². The van der Waals surface area contributed by atoms with Crippen LogP contribution in [0.4, 0.5) is 17.1 Å². The molecule has 1 atom stereocenters. The number of hydrogen-bond donors (Lipinski definition) is 1. The van der Waals surface area contributed by atoms with E-state index in [0.29, 0.717) is 0 Å². The van der Waals surface area contributed by atoms with Crippen LogP contribution < -0.4 is 15.1 Å². The van der Waals surface area contributed by atoms with Crippen molar-refractivity contribution in [3.05, 3.63) is 89.0 Å². The smallest absolute Gasteiger partial charge is 0.0770 e. The van der Waals surface area contributed by atoms with E-state index in [1.54, 1.807) is 0 Å². The van der Waals surface area contributed by atoms with Gasteiger partial charge in [0.25, 0.3) is 0 Å². The minimum absolute atomic E-state index is 0.0890. The van der Waals surface area contributed by atoms with Crippen molar-refractivity contribution in [1.29, 1.82) is 0 Å². The Labute approximate surface area is 207 Å². The van der Waals surface area contributed by atoms with Crippen molar-refractivity contribution in [3.63, 3.8) is 0 Å². The molecule has 0 aliphatic heterocycles. The van der Waals surface area contributed by atoms with E-state index in [1.807, 2.05) is 0 Å². The first-order valence-corrected chi connectivity index (χ1v) is 12.9. The summed E-state index contributed by atoms with van der Waals surface area (Å²) in [5.41, 5.74) is 8.94. The normalized spacial score (nSPS) is 11.8. The molecule has 3 nitrogen and oxygen atoms in total. The molecule has 0 amide bonds. The Hall–Kier alpha value is -2.94. The Balaban J connectivity index is 1.98. The molecule has 0 spiro atoms. The van der Waals surface area contributed by atoms with Crippen LogP contribution in [-0.2, 0) is 0 Å². The molecular weight excluding hydrogens is 414 g/mol. The van der Waals surface area contributed by atoms with E-state index in [4.69, 9.17) is 0 Å². The number of nitrogens with one attached hydrogen (secondary N) is 1. The van der Waals surface area contributed by atoms with E-state index in [2.05, 4.69) is 124 Å². The molecular formula is C31H43N3. The molecule has 0 radical (unpaired) electrons. The quantitative estimate of drug-likeness (QED) is 0.297. The predicted molar refractivity (Wildman–Crippen MR) is 151 cm³/mol. The molecule has 3 aromatic carbocycles. The highest BCUT2D eigenvalue weighted by atomic mass is 15.1. The third kappa shape index (κ3) is 6.56. The van der Waals surface area contributed by atoms with E-state index in [1.165, 1.54) is 65.0 Å². The van der Waals surface area contributed by atoms with Crippen LogP contribution >= 0.6 is 0 Å². The Kier molecular flexibility index (Phi) is 9.44. The second-order valence-corrected chi connectivity index (χ2v) is 9.61. The number of unbranched alkanes of at least 4 members (excludes halogenated alkanes) is 2. The molecule has 0 aromatic heterocycles. The number of para-hydroxylation sites is 1. The summed E-state index contributed by atoms with van der Waals surface area (Å²) < 4.78 is 0. The van der Waals surface area contributed by atoms with Crippen LogP contribution in [0.3, 0.4) is 0 Å². The molecule has 3 heteroatoms. The van der Waals surface area contributed by atoms with Crippen LogP contribution in [0, 0.1) is 13.8 Å². The highest BCUT2D eigenvalue weighted by molar-refractivity contribution is 5.59. The van der Waals surface area contributed by atoms with Gasteiger partial charge in [0, 0.05) is 44.2 Å². The molecule has 0 bridgehead atoms. The van der Waals surface area contributed by atoms with E-state index in [-0.39, 0.29) is 6.04 Å². The maximum absolute atomic E-state index is 3.86. The standard InChI is InChI=1S/C31H43N3/c1-7-9-21-34(22-10-8-2)28-19-20-29(25(4)23-28)31(32-30-14-12-11-13-24(30)3)26-15-17-27(18-16-26)33(5)6/h11-20,23,31-32H,7-10,21-22H2,1-6H3. The van der Waals surface area contributed by atoms with Gasteiger partial charge in [-0.25, -0.2) is 0 Å². The zero-order valence-electron chi connectivity index (χ0n) is 22.1. The van der Waals surface area contributed by atoms with Crippen molar-refractivity contribution < 1.29 is 0 Å². The molecule has 0 saturated heterocycles. The number of aryl methyl sites for hydroxylation is 2. The summed E-state index contributed by atoms with van der Waals surface area (Å²) in [6.45, 7) is 11.2. The maximum Gasteiger partial charge on any atom is 0.0770 e. The average molecular weight is 458 g/mol. The molecule has 182 valence electrons. The van der Waals surface area contributed by atoms with E-state index in [0.717, 1.165) is 13.1 Å². The minimum Gasteiger partial charge on any atom is -0.378 e. The van der Waals surface area contributed by atoms with Crippen molar-refractivity contribution in [3.8, 4) is 0 Å². The molecule has 34 heavy (non-hydrogen) atoms. The van der Waals surface area contributed by atoms with E-state index >= 15 is 0 Å². The van der Waals surface area contributed by atoms with Crippen molar-refractivity contribution in [1.82, 2.24) is 0 Å². The van der Waals surface area contributed by atoms with Crippen LogP contribution in [0.1, 0.15) is 67.8 Å². The monoisotopic (exact) mass is 457 g/mol. The maximum atomic E-state index is 3.86. The molecule has 0 aliphatic rings. The lowest BCUT2D eigenvalue weighted by Crippen LogP contribution is -2.26. The lowest BCUT2D eigenvalue weighted by Gasteiger charge is -2.28. The van der Waals surface area contributed by atoms with Gasteiger partial charge in [-0.05, 0) is 79.3 Å². The van der Waals surface area contributed by atoms with Crippen LogP contribution in [0.2, 0.25) is 0 Å². The van der Waals surface area contributed by atoms with E-state index < -0.39 is 0 Å². The highest BCUT2D eigenvalue weighted by Gasteiger charge is 2.19. The summed E-state index contributed by atoms with van der Waals surface area (Å²) >= 11 is 0. The van der Waals surface area contributed by atoms with Gasteiger partial charge in [0.1, 0.15) is 0 Å². The summed E-state index contributed by atoms with van der Waals surface area (Å²) in [7, 11) is 4.17. The van der Waals surface area contributed by atoms with Crippen LogP contribution in [0.25, 0.3) is 0 Å². The van der Waals surface area contributed by atoms with Gasteiger partial charge in [-0.1, -0.05) is 63.1 Å². The first kappa shape index (κ1) is 25.7. The molecule has 0 heterocycles. The first-order valence-electron chi connectivity index (χ1n) is 12.9. The Bertz CT molecular complexity index is 1020. The van der Waals surface area contributed by atoms with Gasteiger partial charge >= 0.3 is 0 Å². The number of hydrogen-bond acceptors (Lipinski definition) is 3. The summed E-state index contributed by atoms with van der Waals surface area (Å²) in [6.07, 6.45) is 4.93. The van der Waals surface area contributed by atoms with Crippen LogP contribution in [0.5, 0.6) is 0 Å². The van der Waals surface area contributed by atoms with Gasteiger partial charge in [-0.2, -0.15) is 0 Å². The number of nitrogens with zero attached hydrogens (tertiary/aromatic N) is 2. The second-order valence-electron chi connectivity index (χ2n) is 9.61. The zero-order chi connectivity index (χ0) is 24.5. The van der Waals surface area contributed by atoms with Gasteiger partial charge in [0.2, 0.25) is 0 Å². The van der Waals surface area contributed by atoms with Crippen molar-refractivity contribution in [2.75, 3.05) is 42.3 Å². The fourth-order valence-corrected chi connectivity index (χ4v) is 4.44. The number of anilines is 3. The number of benzene rings is 3. The summed E-state index contributed by atoms with van der Waals surface area (Å²) in [6, 6.07) is 24.6. The second kappa shape index (κ2) is 12.5. The summed E-state index contributed by atoms with van der Waals surface area (Å²) in [5.74, 6) is 0. The molecule has 1 unspecified atom stereocenters. The minimum atomic E-state index is 0.0890. The molecule has 1 N–H and O–H groups in total. The fourth-order valence-electron chi connectivity index (χ4n) is 4.44. The SMILES string of the molecule is CCCCN(CCCC)c1ccc(C(Nc2ccccc2C)c2ccc(N(C)C)cc2)c(C)c1. The zero-order valence-corrected chi connectivity index (χ0v) is 22.1. The third-order valence-electron chi connectivity index (χ3n) is 6.68. The Morgan fingerprint density at radius 1 is 0.735 bits per heavy atom. The Morgan fingerprint density at radius 2 is 1.35 bits per heavy atom. The lowest BCUT2D eigenvalue weighted by atomic mass is 9.93. The average Bonchev–Trinajstić information content (AvgIpc) is 2.84. The number of rotatable bonds is 12. The summed E-state index contributed by atoms with van der Waals surface area (Å²) in [5, 5.41) is 3.86. The summed E-state index contributed by atoms with van der Waals surface area (Å²) in [4.78, 5) is 4.72. The highest BCUT2D eigenvalue weighted by Crippen LogP contribution is 2.33. The Morgan fingerprint density at radius 3 is 1.91 bits per heavy atom. The van der Waals surface area contributed by atoms with Gasteiger partial charge in [0.05, 0.1) is 6.04 Å². The van der Waals surface area contributed by atoms with Crippen molar-refractivity contribution in [2.24, 2.45) is 0 Å². The van der Waals surface area contributed by atoms with Crippen molar-refractivity contribution >= 4 is 17.1 Å². The molecule has 0 fully saturated rings. The van der Waals surface area contributed by atoms with Gasteiger partial charge in [-0.3, -0.25) is 0 Å². The predicted octanol–water partition coefficient (Wildman–Crippen LogP) is 7.98. The molecule has 0 saturated carbocycles. The van der Waals surface area contributed by atoms with Gasteiger partial charge in [-0.15, -0.1) is 0 Å². The third-order valence-corrected chi connectivity index (χ3v) is 6.68. The van der Waals surface area contributed by atoms with Crippen LogP contribution in [-0.4, -0.2) is 27.2 Å². The van der Waals surface area contributed by atoms with Gasteiger partial charge < -0.3 is 15.1 Å². The largest absolute Gasteiger partial charge is 0.378 e. The first-order chi connectivity index (χ1) is 16.4. The molecule has 0 aliphatic carbocycles. The molecule has 3 aromatic rings.